The lowest BCUT2D eigenvalue weighted by atomic mass is 10.1. The molecule has 0 aliphatic rings. The zero-order chi connectivity index (χ0) is 13.7. The number of hydrogen-bond donors (Lipinski definition) is 1. The van der Waals surface area contributed by atoms with Crippen LogP contribution in [-0.2, 0) is 0 Å². The van der Waals surface area contributed by atoms with E-state index in [4.69, 9.17) is 9.47 Å². The number of rotatable bonds is 5. The summed E-state index contributed by atoms with van der Waals surface area (Å²) in [6.07, 6.45) is 0. The normalized spacial score (nSPS) is 11.7. The molecule has 0 fully saturated rings. The van der Waals surface area contributed by atoms with Crippen molar-refractivity contribution in [2.24, 2.45) is 0 Å². The Labute approximate surface area is 114 Å². The molecular weight excluding hydrogens is 238 g/mol. The van der Waals surface area contributed by atoms with Crippen LogP contribution in [0.5, 0.6) is 11.5 Å². The standard InChI is InChI=1S/C16H19NO2/c1-12(13-7-9-15(18-2)10-8-13)17-14-5-4-6-16(11-14)19-3/h4-12,17H,1-3H3/t12-/m0/s1. The van der Waals surface area contributed by atoms with E-state index >= 15 is 0 Å². The minimum Gasteiger partial charge on any atom is -0.497 e. The molecule has 1 atom stereocenters. The van der Waals surface area contributed by atoms with E-state index in [1.54, 1.807) is 14.2 Å². The van der Waals surface area contributed by atoms with Gasteiger partial charge in [-0.15, -0.1) is 0 Å². The zero-order valence-electron chi connectivity index (χ0n) is 11.5. The minimum absolute atomic E-state index is 0.220. The summed E-state index contributed by atoms with van der Waals surface area (Å²) in [7, 11) is 3.35. The lowest BCUT2D eigenvalue weighted by Gasteiger charge is -2.16. The summed E-state index contributed by atoms with van der Waals surface area (Å²) in [5.41, 5.74) is 2.26. The van der Waals surface area contributed by atoms with Gasteiger partial charge in [-0.25, -0.2) is 0 Å². The molecule has 100 valence electrons. The molecule has 0 unspecified atom stereocenters. The van der Waals surface area contributed by atoms with E-state index in [1.807, 2.05) is 36.4 Å². The molecule has 0 aliphatic carbocycles. The zero-order valence-corrected chi connectivity index (χ0v) is 11.5. The van der Waals surface area contributed by atoms with Crippen molar-refractivity contribution in [3.05, 3.63) is 54.1 Å². The highest BCUT2D eigenvalue weighted by atomic mass is 16.5. The summed E-state index contributed by atoms with van der Waals surface area (Å²) in [4.78, 5) is 0. The van der Waals surface area contributed by atoms with E-state index in [0.717, 1.165) is 17.2 Å². The molecule has 2 aromatic rings. The van der Waals surface area contributed by atoms with Gasteiger partial charge in [0, 0.05) is 17.8 Å². The molecule has 0 aliphatic heterocycles. The minimum atomic E-state index is 0.220. The first-order valence-electron chi connectivity index (χ1n) is 6.27. The number of ether oxygens (including phenoxy) is 2. The molecule has 0 spiro atoms. The van der Waals surface area contributed by atoms with Crippen molar-refractivity contribution in [1.82, 2.24) is 0 Å². The highest BCUT2D eigenvalue weighted by molar-refractivity contribution is 5.50. The molecule has 2 aromatic carbocycles. The van der Waals surface area contributed by atoms with E-state index in [0.29, 0.717) is 0 Å². The van der Waals surface area contributed by atoms with E-state index in [-0.39, 0.29) is 6.04 Å². The Kier molecular flexibility index (Phi) is 4.29. The Morgan fingerprint density at radius 3 is 2.21 bits per heavy atom. The fourth-order valence-corrected chi connectivity index (χ4v) is 1.94. The van der Waals surface area contributed by atoms with E-state index < -0.39 is 0 Å². The topological polar surface area (TPSA) is 30.5 Å². The van der Waals surface area contributed by atoms with E-state index in [9.17, 15) is 0 Å². The maximum absolute atomic E-state index is 5.22. The first-order valence-corrected chi connectivity index (χ1v) is 6.27. The highest BCUT2D eigenvalue weighted by Crippen LogP contribution is 2.23. The second-order valence-electron chi connectivity index (χ2n) is 4.37. The number of nitrogens with one attached hydrogen (secondary N) is 1. The van der Waals surface area contributed by atoms with Crippen molar-refractivity contribution in [1.29, 1.82) is 0 Å². The van der Waals surface area contributed by atoms with Crippen LogP contribution in [0, 0.1) is 0 Å². The fraction of sp³-hybridized carbons (Fsp3) is 0.250. The van der Waals surface area contributed by atoms with Gasteiger partial charge in [0.2, 0.25) is 0 Å². The van der Waals surface area contributed by atoms with Gasteiger partial charge < -0.3 is 14.8 Å². The van der Waals surface area contributed by atoms with Crippen LogP contribution < -0.4 is 14.8 Å². The Balaban J connectivity index is 2.08. The van der Waals surface area contributed by atoms with Gasteiger partial charge in [-0.3, -0.25) is 0 Å². The molecule has 0 amide bonds. The van der Waals surface area contributed by atoms with Gasteiger partial charge in [0.1, 0.15) is 11.5 Å². The van der Waals surface area contributed by atoms with Crippen LogP contribution in [0.3, 0.4) is 0 Å². The van der Waals surface area contributed by atoms with Gasteiger partial charge in [-0.2, -0.15) is 0 Å². The summed E-state index contributed by atoms with van der Waals surface area (Å²) in [6.45, 7) is 2.13. The van der Waals surface area contributed by atoms with E-state index in [2.05, 4.69) is 24.4 Å². The lowest BCUT2D eigenvalue weighted by molar-refractivity contribution is 0.414. The molecule has 0 saturated heterocycles. The Morgan fingerprint density at radius 1 is 0.895 bits per heavy atom. The molecule has 1 N–H and O–H groups in total. The summed E-state index contributed by atoms with van der Waals surface area (Å²) < 4.78 is 10.4. The van der Waals surface area contributed by atoms with Crippen LogP contribution in [0.2, 0.25) is 0 Å². The summed E-state index contributed by atoms with van der Waals surface area (Å²) in [6, 6.07) is 16.2. The van der Waals surface area contributed by atoms with Crippen molar-refractivity contribution in [3.8, 4) is 11.5 Å². The second kappa shape index (κ2) is 6.14. The molecular formula is C16H19NO2. The van der Waals surface area contributed by atoms with Crippen LogP contribution in [0.1, 0.15) is 18.5 Å². The molecule has 2 rings (SSSR count). The van der Waals surface area contributed by atoms with Crippen molar-refractivity contribution in [2.75, 3.05) is 19.5 Å². The molecule has 0 bridgehead atoms. The first kappa shape index (κ1) is 13.3. The van der Waals surface area contributed by atoms with Gasteiger partial charge in [0.25, 0.3) is 0 Å². The number of methoxy groups -OCH3 is 2. The molecule has 0 saturated carbocycles. The third-order valence-corrected chi connectivity index (χ3v) is 3.07. The van der Waals surface area contributed by atoms with Gasteiger partial charge in [-0.05, 0) is 36.8 Å². The van der Waals surface area contributed by atoms with Crippen LogP contribution in [0.25, 0.3) is 0 Å². The van der Waals surface area contributed by atoms with Crippen molar-refractivity contribution in [3.63, 3.8) is 0 Å². The number of hydrogen-bond acceptors (Lipinski definition) is 3. The van der Waals surface area contributed by atoms with Gasteiger partial charge in [0.05, 0.1) is 14.2 Å². The summed E-state index contributed by atoms with van der Waals surface area (Å²) >= 11 is 0. The number of anilines is 1. The third kappa shape index (κ3) is 3.41. The Bertz CT molecular complexity index is 523. The lowest BCUT2D eigenvalue weighted by Crippen LogP contribution is -2.06. The summed E-state index contributed by atoms with van der Waals surface area (Å²) in [5.74, 6) is 1.73. The monoisotopic (exact) mass is 257 g/mol. The van der Waals surface area contributed by atoms with Crippen LogP contribution in [0.15, 0.2) is 48.5 Å². The second-order valence-corrected chi connectivity index (χ2v) is 4.37. The van der Waals surface area contributed by atoms with Gasteiger partial charge in [-0.1, -0.05) is 18.2 Å². The predicted octanol–water partition coefficient (Wildman–Crippen LogP) is 3.88. The SMILES string of the molecule is COc1ccc([C@H](C)Nc2cccc(OC)c2)cc1. The molecule has 0 aromatic heterocycles. The summed E-state index contributed by atoms with van der Waals surface area (Å²) in [5, 5.41) is 3.45. The highest BCUT2D eigenvalue weighted by Gasteiger charge is 2.06. The van der Waals surface area contributed by atoms with Crippen molar-refractivity contribution >= 4 is 5.69 Å². The van der Waals surface area contributed by atoms with Crippen molar-refractivity contribution < 1.29 is 9.47 Å². The molecule has 0 radical (unpaired) electrons. The van der Waals surface area contributed by atoms with Gasteiger partial charge in [0.15, 0.2) is 0 Å². The largest absolute Gasteiger partial charge is 0.497 e. The van der Waals surface area contributed by atoms with Crippen LogP contribution >= 0.6 is 0 Å². The maximum Gasteiger partial charge on any atom is 0.120 e. The molecule has 0 heterocycles. The molecule has 3 nitrogen and oxygen atoms in total. The molecule has 19 heavy (non-hydrogen) atoms. The van der Waals surface area contributed by atoms with Crippen LogP contribution in [0.4, 0.5) is 5.69 Å². The fourth-order valence-electron chi connectivity index (χ4n) is 1.94. The molecule has 3 heteroatoms. The third-order valence-electron chi connectivity index (χ3n) is 3.07. The predicted molar refractivity (Wildman–Crippen MR) is 78.0 cm³/mol. The quantitative estimate of drug-likeness (QED) is 0.881. The van der Waals surface area contributed by atoms with Crippen molar-refractivity contribution in [2.45, 2.75) is 13.0 Å². The average Bonchev–Trinajstić information content (AvgIpc) is 2.47. The first-order chi connectivity index (χ1) is 9.22. The Morgan fingerprint density at radius 2 is 1.58 bits per heavy atom. The smallest absolute Gasteiger partial charge is 0.120 e. The maximum atomic E-state index is 5.22. The Hall–Kier alpha value is -2.16. The van der Waals surface area contributed by atoms with Crippen LogP contribution in [-0.4, -0.2) is 14.2 Å². The average molecular weight is 257 g/mol. The van der Waals surface area contributed by atoms with Gasteiger partial charge >= 0.3 is 0 Å². The van der Waals surface area contributed by atoms with E-state index in [1.165, 1.54) is 5.56 Å². The number of benzene rings is 2.